The van der Waals surface area contributed by atoms with E-state index in [0.29, 0.717) is 23.1 Å². The average Bonchev–Trinajstić information content (AvgIpc) is 3.14. The van der Waals surface area contributed by atoms with Gasteiger partial charge in [-0.05, 0) is 42.7 Å². The number of anilines is 2. The van der Waals surface area contributed by atoms with E-state index in [1.807, 2.05) is 48.7 Å². The number of rotatable bonds is 4. The lowest BCUT2D eigenvalue weighted by Crippen LogP contribution is -2.11. The number of thioether (sulfide) groups is 1. The highest BCUT2D eigenvalue weighted by atomic mass is 32.2. The highest BCUT2D eigenvalue weighted by Crippen LogP contribution is 2.27. The van der Waals surface area contributed by atoms with Crippen molar-refractivity contribution in [3.8, 4) is 11.4 Å². The summed E-state index contributed by atoms with van der Waals surface area (Å²) in [5.41, 5.74) is 2.26. The van der Waals surface area contributed by atoms with Crippen LogP contribution < -0.4 is 10.9 Å². The monoisotopic (exact) mass is 412 g/mol. The van der Waals surface area contributed by atoms with Crippen LogP contribution in [0, 0.1) is 0 Å². The molecule has 0 aliphatic carbocycles. The molecule has 3 heterocycles. The predicted molar refractivity (Wildman–Crippen MR) is 119 cm³/mol. The van der Waals surface area contributed by atoms with Gasteiger partial charge in [0.15, 0.2) is 11.5 Å². The zero-order valence-electron chi connectivity index (χ0n) is 16.0. The summed E-state index contributed by atoms with van der Waals surface area (Å²) in [6, 6.07) is 20.9. The van der Waals surface area contributed by atoms with Gasteiger partial charge < -0.3 is 5.32 Å². The Morgan fingerprint density at radius 3 is 2.73 bits per heavy atom. The number of aromatic nitrogens is 5. The Morgan fingerprint density at radius 1 is 0.967 bits per heavy atom. The normalized spacial score (nSPS) is 11.1. The van der Waals surface area contributed by atoms with Crippen LogP contribution in [0.1, 0.15) is 0 Å². The lowest BCUT2D eigenvalue weighted by atomic mass is 10.2. The molecular weight excluding hydrogens is 396 g/mol. The molecule has 2 aromatic carbocycles. The lowest BCUT2D eigenvalue weighted by molar-refractivity contribution is 0.947. The van der Waals surface area contributed by atoms with E-state index in [-0.39, 0.29) is 5.56 Å². The lowest BCUT2D eigenvalue weighted by Gasteiger charge is -2.07. The minimum absolute atomic E-state index is 0.311. The first-order valence-electron chi connectivity index (χ1n) is 9.25. The molecule has 0 aliphatic heterocycles. The Balaban J connectivity index is 1.74. The van der Waals surface area contributed by atoms with Gasteiger partial charge in [-0.3, -0.25) is 4.79 Å². The third kappa shape index (κ3) is 3.27. The van der Waals surface area contributed by atoms with E-state index in [2.05, 4.69) is 21.4 Å². The second-order valence-corrected chi connectivity index (χ2v) is 7.41. The first kappa shape index (κ1) is 18.3. The minimum Gasteiger partial charge on any atom is -0.319 e. The average molecular weight is 412 g/mol. The van der Waals surface area contributed by atoms with Crippen LogP contribution in [-0.4, -0.2) is 30.8 Å². The predicted octanol–water partition coefficient (Wildman–Crippen LogP) is 4.17. The number of nitrogens with zero attached hydrogens (tertiary/aromatic N) is 5. The molecule has 0 bridgehead atoms. The van der Waals surface area contributed by atoms with E-state index in [1.54, 1.807) is 34.5 Å². The fraction of sp³-hybridized carbons (Fsp3) is 0.0455. The van der Waals surface area contributed by atoms with E-state index in [0.717, 1.165) is 21.4 Å². The summed E-state index contributed by atoms with van der Waals surface area (Å²) in [5.74, 6) is 0.986. The fourth-order valence-electron chi connectivity index (χ4n) is 3.19. The quantitative estimate of drug-likeness (QED) is 0.444. The van der Waals surface area contributed by atoms with E-state index < -0.39 is 0 Å². The van der Waals surface area contributed by atoms with Gasteiger partial charge in [0.2, 0.25) is 5.95 Å². The molecule has 146 valence electrons. The molecule has 0 saturated heterocycles. The summed E-state index contributed by atoms with van der Waals surface area (Å²) in [4.78, 5) is 26.7. The van der Waals surface area contributed by atoms with Crippen LogP contribution in [-0.2, 0) is 0 Å². The molecule has 3 aromatic heterocycles. The molecule has 0 spiro atoms. The second-order valence-electron chi connectivity index (χ2n) is 6.53. The van der Waals surface area contributed by atoms with Crippen molar-refractivity contribution in [1.29, 1.82) is 0 Å². The Kier molecular flexibility index (Phi) is 4.61. The van der Waals surface area contributed by atoms with Crippen molar-refractivity contribution in [2.24, 2.45) is 0 Å². The van der Waals surface area contributed by atoms with E-state index >= 15 is 0 Å². The topological polar surface area (TPSA) is 85.1 Å². The number of fused-ring (bicyclic) bond motifs is 3. The summed E-state index contributed by atoms with van der Waals surface area (Å²) in [5, 5.41) is 8.66. The first-order chi connectivity index (χ1) is 14.7. The first-order valence-corrected chi connectivity index (χ1v) is 10.5. The highest BCUT2D eigenvalue weighted by molar-refractivity contribution is 7.98. The number of nitrogens with one attached hydrogen (secondary N) is 1. The van der Waals surface area contributed by atoms with Gasteiger partial charge in [0.25, 0.3) is 5.56 Å². The van der Waals surface area contributed by atoms with Crippen molar-refractivity contribution in [1.82, 2.24) is 24.6 Å². The molecule has 5 aromatic rings. The molecule has 0 atom stereocenters. The second kappa shape index (κ2) is 7.57. The van der Waals surface area contributed by atoms with Gasteiger partial charge in [0.1, 0.15) is 5.69 Å². The van der Waals surface area contributed by atoms with Gasteiger partial charge in [-0.1, -0.05) is 30.3 Å². The van der Waals surface area contributed by atoms with Crippen LogP contribution in [0.15, 0.2) is 82.6 Å². The maximum Gasteiger partial charge on any atom is 0.293 e. The summed E-state index contributed by atoms with van der Waals surface area (Å²) in [7, 11) is 0. The third-order valence-corrected chi connectivity index (χ3v) is 5.36. The van der Waals surface area contributed by atoms with Crippen LogP contribution >= 0.6 is 11.8 Å². The van der Waals surface area contributed by atoms with Crippen molar-refractivity contribution >= 4 is 39.9 Å². The number of hydrogen-bond donors (Lipinski definition) is 1. The van der Waals surface area contributed by atoms with Gasteiger partial charge in [-0.2, -0.15) is 4.52 Å². The molecule has 30 heavy (non-hydrogen) atoms. The fourth-order valence-corrected chi connectivity index (χ4v) is 3.65. The van der Waals surface area contributed by atoms with Gasteiger partial charge in [-0.25, -0.2) is 15.0 Å². The smallest absolute Gasteiger partial charge is 0.293 e. The SMILES string of the molecule is CSc1cccc(-c2nc3c4ccccc4nc(Nc4ccccnc4=O)n3n2)c1. The maximum absolute atomic E-state index is 12.3. The summed E-state index contributed by atoms with van der Waals surface area (Å²) in [6.07, 6.45) is 3.49. The van der Waals surface area contributed by atoms with Crippen molar-refractivity contribution < 1.29 is 0 Å². The molecule has 0 unspecified atom stereocenters. The summed E-state index contributed by atoms with van der Waals surface area (Å²) < 4.78 is 1.63. The molecule has 1 N–H and O–H groups in total. The summed E-state index contributed by atoms with van der Waals surface area (Å²) in [6.45, 7) is 0. The zero-order valence-corrected chi connectivity index (χ0v) is 16.8. The third-order valence-electron chi connectivity index (χ3n) is 4.64. The maximum atomic E-state index is 12.3. The molecule has 5 rings (SSSR count). The zero-order chi connectivity index (χ0) is 20.5. The standard InChI is InChI=1S/C22H16N6OS/c1-30-15-8-6-7-14(13-15)19-26-20-16-9-2-3-10-17(16)24-22(28(20)27-19)25-18-11-4-5-12-23-21(18)29/h2-13H,1H3,(H,23,24,25,29). The number of para-hydroxylation sites is 1. The Hall–Kier alpha value is -3.78. The molecule has 0 saturated carbocycles. The Morgan fingerprint density at radius 2 is 1.83 bits per heavy atom. The molecule has 7 nitrogen and oxygen atoms in total. The van der Waals surface area contributed by atoms with E-state index in [1.165, 1.54) is 6.20 Å². The molecule has 0 fully saturated rings. The summed E-state index contributed by atoms with van der Waals surface area (Å²) >= 11 is 1.66. The van der Waals surface area contributed by atoms with Crippen LogP contribution in [0.4, 0.5) is 11.6 Å². The molecule has 0 radical (unpaired) electrons. The highest BCUT2D eigenvalue weighted by Gasteiger charge is 2.15. The van der Waals surface area contributed by atoms with E-state index in [9.17, 15) is 4.79 Å². The van der Waals surface area contributed by atoms with Crippen molar-refractivity contribution in [3.63, 3.8) is 0 Å². The van der Waals surface area contributed by atoms with Crippen LogP contribution in [0.3, 0.4) is 0 Å². The van der Waals surface area contributed by atoms with Gasteiger partial charge in [-0.15, -0.1) is 16.9 Å². The van der Waals surface area contributed by atoms with Gasteiger partial charge in [0, 0.05) is 22.0 Å². The molecule has 8 heteroatoms. The largest absolute Gasteiger partial charge is 0.319 e. The van der Waals surface area contributed by atoms with Gasteiger partial charge in [0.05, 0.1) is 5.52 Å². The molecule has 0 amide bonds. The Bertz CT molecular complexity index is 1450. The Labute approximate surface area is 175 Å². The number of hydrogen-bond acceptors (Lipinski definition) is 7. The van der Waals surface area contributed by atoms with Crippen LogP contribution in [0.25, 0.3) is 27.9 Å². The van der Waals surface area contributed by atoms with Crippen molar-refractivity contribution in [3.05, 3.63) is 83.3 Å². The van der Waals surface area contributed by atoms with Crippen LogP contribution in [0.5, 0.6) is 0 Å². The van der Waals surface area contributed by atoms with Gasteiger partial charge >= 0.3 is 0 Å². The minimum atomic E-state index is -0.379. The number of benzene rings is 2. The molecule has 0 aliphatic rings. The van der Waals surface area contributed by atoms with Crippen molar-refractivity contribution in [2.45, 2.75) is 4.90 Å². The van der Waals surface area contributed by atoms with Crippen LogP contribution in [0.2, 0.25) is 0 Å². The molecular formula is C22H16N6OS. The van der Waals surface area contributed by atoms with E-state index in [4.69, 9.17) is 10.1 Å². The van der Waals surface area contributed by atoms with Crippen molar-refractivity contribution in [2.75, 3.05) is 11.6 Å².